The van der Waals surface area contributed by atoms with E-state index in [2.05, 4.69) is 64.8 Å². The maximum absolute atomic E-state index is 9.77. The van der Waals surface area contributed by atoms with Gasteiger partial charge in [-0.05, 0) is 36.1 Å². The van der Waals surface area contributed by atoms with Gasteiger partial charge in [0.2, 0.25) is 0 Å². The summed E-state index contributed by atoms with van der Waals surface area (Å²) < 4.78 is 5.69. The van der Waals surface area contributed by atoms with Gasteiger partial charge in [-0.3, -0.25) is 4.90 Å². The Morgan fingerprint density at radius 2 is 1.59 bits per heavy atom. The number of carbonyl (C=O) groups is 2. The fourth-order valence-corrected chi connectivity index (χ4v) is 4.29. The number of hydrogen-bond acceptors (Lipinski definition) is 7. The molecule has 0 saturated carbocycles. The number of aliphatic carboxylic acids is 2. The molecule has 0 spiro atoms. The summed E-state index contributed by atoms with van der Waals surface area (Å²) in [7, 11) is 0. The topological polar surface area (TPSA) is 140 Å². The first-order valence-electron chi connectivity index (χ1n) is 11.4. The summed E-state index contributed by atoms with van der Waals surface area (Å²) in [6.45, 7) is 5.02. The van der Waals surface area contributed by atoms with Crippen LogP contribution in [-0.2, 0) is 20.9 Å². The molecule has 0 amide bonds. The molecule has 4 rings (SSSR count). The standard InChI is InChI=1S/C21H26N2O.C4H6O6/c1-2-6-17(7-3-1)21-9-5-4-8-18(21)15-23(19-10-12-22-14-19)20-11-13-24-16-20;5-1(3(7)8)2(6)4(9)10/h1-9,19-20,22H,10-16H2;1-2,5-6H,(H,7,8)(H,9,10)/t19-,20-;1-,2-/m01/s1. The van der Waals surface area contributed by atoms with Crippen LogP contribution in [-0.4, -0.2) is 87.9 Å². The summed E-state index contributed by atoms with van der Waals surface area (Å²) in [6.07, 6.45) is -2.14. The van der Waals surface area contributed by atoms with Crippen molar-refractivity contribution in [2.45, 2.75) is 43.7 Å². The van der Waals surface area contributed by atoms with Crippen LogP contribution in [0.5, 0.6) is 0 Å². The van der Waals surface area contributed by atoms with E-state index in [-0.39, 0.29) is 0 Å². The van der Waals surface area contributed by atoms with E-state index in [1.807, 2.05) is 0 Å². The number of carboxylic acid groups (broad SMARTS) is 2. The molecule has 0 radical (unpaired) electrons. The monoisotopic (exact) mass is 472 g/mol. The lowest BCUT2D eigenvalue weighted by Crippen LogP contribution is -2.44. The molecule has 9 nitrogen and oxygen atoms in total. The predicted molar refractivity (Wildman–Crippen MR) is 125 cm³/mol. The van der Waals surface area contributed by atoms with Gasteiger partial charge in [0, 0.05) is 31.8 Å². The molecule has 4 atom stereocenters. The molecular formula is C25H32N2O7. The van der Waals surface area contributed by atoms with Crippen molar-refractivity contribution in [1.29, 1.82) is 0 Å². The predicted octanol–water partition coefficient (Wildman–Crippen LogP) is 1.18. The highest BCUT2D eigenvalue weighted by molar-refractivity contribution is 5.83. The summed E-state index contributed by atoms with van der Waals surface area (Å²) in [4.78, 5) is 22.2. The van der Waals surface area contributed by atoms with E-state index in [0.717, 1.165) is 39.3 Å². The van der Waals surface area contributed by atoms with Crippen molar-refractivity contribution in [3.63, 3.8) is 0 Å². The lowest BCUT2D eigenvalue weighted by molar-refractivity contribution is -0.165. The van der Waals surface area contributed by atoms with Gasteiger partial charge < -0.3 is 30.5 Å². The molecule has 0 aliphatic carbocycles. The van der Waals surface area contributed by atoms with Crippen LogP contribution in [0.25, 0.3) is 11.1 Å². The average Bonchev–Trinajstić information content (AvgIpc) is 3.57. The van der Waals surface area contributed by atoms with E-state index in [0.29, 0.717) is 12.1 Å². The molecule has 2 fully saturated rings. The van der Waals surface area contributed by atoms with Crippen molar-refractivity contribution in [3.05, 3.63) is 60.2 Å². The molecule has 2 aliphatic heterocycles. The zero-order chi connectivity index (χ0) is 24.5. The molecule has 2 saturated heterocycles. The number of carboxylic acids is 2. The maximum Gasteiger partial charge on any atom is 0.335 e. The summed E-state index contributed by atoms with van der Waals surface area (Å²) in [5.74, 6) is -3.54. The Kier molecular flexibility index (Phi) is 9.55. The van der Waals surface area contributed by atoms with E-state index in [1.165, 1.54) is 23.1 Å². The summed E-state index contributed by atoms with van der Waals surface area (Å²) in [5.41, 5.74) is 4.08. The van der Waals surface area contributed by atoms with E-state index in [1.54, 1.807) is 0 Å². The Morgan fingerprint density at radius 3 is 2.15 bits per heavy atom. The molecule has 184 valence electrons. The highest BCUT2D eigenvalue weighted by Gasteiger charge is 2.31. The number of hydrogen-bond donors (Lipinski definition) is 5. The molecule has 0 bridgehead atoms. The molecule has 2 aromatic rings. The number of aliphatic hydroxyl groups is 2. The number of ether oxygens (including phenoxy) is 1. The highest BCUT2D eigenvalue weighted by Crippen LogP contribution is 2.28. The van der Waals surface area contributed by atoms with Crippen LogP contribution in [0, 0.1) is 0 Å². The molecule has 5 N–H and O–H groups in total. The Balaban J connectivity index is 0.000000277. The van der Waals surface area contributed by atoms with Crippen LogP contribution in [0.4, 0.5) is 0 Å². The molecule has 2 aliphatic rings. The molecule has 2 aromatic carbocycles. The average molecular weight is 473 g/mol. The van der Waals surface area contributed by atoms with Crippen molar-refractivity contribution in [1.82, 2.24) is 10.2 Å². The third kappa shape index (κ3) is 6.85. The van der Waals surface area contributed by atoms with Gasteiger partial charge in [-0.25, -0.2) is 9.59 Å². The molecule has 34 heavy (non-hydrogen) atoms. The molecule has 2 heterocycles. The van der Waals surface area contributed by atoms with Gasteiger partial charge in [-0.1, -0.05) is 54.6 Å². The van der Waals surface area contributed by atoms with Gasteiger partial charge in [0.15, 0.2) is 12.2 Å². The fraction of sp³-hybridized carbons (Fsp3) is 0.440. The maximum atomic E-state index is 9.77. The van der Waals surface area contributed by atoms with Crippen LogP contribution in [0.15, 0.2) is 54.6 Å². The second kappa shape index (κ2) is 12.6. The first-order valence-corrected chi connectivity index (χ1v) is 11.4. The van der Waals surface area contributed by atoms with Crippen LogP contribution >= 0.6 is 0 Å². The number of nitrogens with one attached hydrogen (secondary N) is 1. The zero-order valence-electron chi connectivity index (χ0n) is 18.9. The Bertz CT molecular complexity index is 894. The van der Waals surface area contributed by atoms with E-state index in [9.17, 15) is 9.59 Å². The van der Waals surface area contributed by atoms with E-state index in [4.69, 9.17) is 25.2 Å². The normalized spacial score (nSPS) is 21.5. The van der Waals surface area contributed by atoms with Gasteiger partial charge in [0.1, 0.15) is 0 Å². The molecule has 9 heteroatoms. The number of nitrogens with zero attached hydrogens (tertiary/aromatic N) is 1. The third-order valence-electron chi connectivity index (χ3n) is 6.14. The lowest BCUT2D eigenvalue weighted by Gasteiger charge is -2.34. The second-order valence-electron chi connectivity index (χ2n) is 8.43. The first kappa shape index (κ1) is 25.8. The number of aliphatic hydroxyl groups excluding tert-OH is 2. The number of benzene rings is 2. The van der Waals surface area contributed by atoms with Crippen molar-refractivity contribution >= 4 is 11.9 Å². The van der Waals surface area contributed by atoms with Crippen molar-refractivity contribution in [2.75, 3.05) is 26.3 Å². The Morgan fingerprint density at radius 1 is 0.941 bits per heavy atom. The minimum absolute atomic E-state index is 0.554. The highest BCUT2D eigenvalue weighted by atomic mass is 16.5. The third-order valence-corrected chi connectivity index (χ3v) is 6.14. The Labute approximate surface area is 198 Å². The summed E-state index contributed by atoms with van der Waals surface area (Å²) >= 11 is 0. The minimum atomic E-state index is -2.27. The van der Waals surface area contributed by atoms with Crippen LogP contribution in [0.3, 0.4) is 0 Å². The van der Waals surface area contributed by atoms with Gasteiger partial charge in [-0.2, -0.15) is 0 Å². The van der Waals surface area contributed by atoms with Crippen molar-refractivity contribution < 1.29 is 34.8 Å². The van der Waals surface area contributed by atoms with E-state index >= 15 is 0 Å². The van der Waals surface area contributed by atoms with Crippen LogP contribution in [0.1, 0.15) is 18.4 Å². The van der Waals surface area contributed by atoms with Gasteiger partial charge >= 0.3 is 11.9 Å². The molecule has 0 aromatic heterocycles. The quantitative estimate of drug-likeness (QED) is 0.383. The largest absolute Gasteiger partial charge is 0.479 e. The lowest BCUT2D eigenvalue weighted by atomic mass is 9.98. The molecule has 0 unspecified atom stereocenters. The first-order chi connectivity index (χ1) is 16.4. The summed E-state index contributed by atoms with van der Waals surface area (Å²) in [6, 6.07) is 20.8. The fourth-order valence-electron chi connectivity index (χ4n) is 4.29. The van der Waals surface area contributed by atoms with Crippen molar-refractivity contribution in [3.8, 4) is 11.1 Å². The van der Waals surface area contributed by atoms with Crippen LogP contribution < -0.4 is 5.32 Å². The van der Waals surface area contributed by atoms with Crippen LogP contribution in [0.2, 0.25) is 0 Å². The Hall–Kier alpha value is -2.82. The number of rotatable bonds is 8. The molecular weight excluding hydrogens is 440 g/mol. The second-order valence-corrected chi connectivity index (χ2v) is 8.43. The SMILES string of the molecule is O=C(O)[C@H](O)[C@@H](O)C(=O)O.c1ccc(-c2ccccc2CN([C@H]2CCNC2)[C@H]2CCOC2)cc1. The zero-order valence-corrected chi connectivity index (χ0v) is 18.9. The minimum Gasteiger partial charge on any atom is -0.479 e. The van der Waals surface area contributed by atoms with Gasteiger partial charge in [0.05, 0.1) is 6.61 Å². The van der Waals surface area contributed by atoms with E-state index < -0.39 is 24.1 Å². The van der Waals surface area contributed by atoms with Gasteiger partial charge in [-0.15, -0.1) is 0 Å². The van der Waals surface area contributed by atoms with Gasteiger partial charge in [0.25, 0.3) is 0 Å². The van der Waals surface area contributed by atoms with Crippen molar-refractivity contribution in [2.24, 2.45) is 0 Å². The smallest absolute Gasteiger partial charge is 0.335 e. The summed E-state index contributed by atoms with van der Waals surface area (Å²) in [5, 5.41) is 36.1.